The molecule has 0 saturated heterocycles. The van der Waals surface area contributed by atoms with Gasteiger partial charge in [0.15, 0.2) is 0 Å². The van der Waals surface area contributed by atoms with Crippen LogP contribution in [0.3, 0.4) is 0 Å². The minimum atomic E-state index is -0.319. The Labute approximate surface area is 118 Å². The van der Waals surface area contributed by atoms with Crippen LogP contribution in [0.4, 0.5) is 5.13 Å². The van der Waals surface area contributed by atoms with Crippen LogP contribution in [0.2, 0.25) is 0 Å². The first-order valence-corrected chi connectivity index (χ1v) is 6.83. The number of aromatic nitrogens is 2. The van der Waals surface area contributed by atoms with Crippen molar-refractivity contribution in [1.29, 1.82) is 0 Å². The van der Waals surface area contributed by atoms with E-state index in [4.69, 9.17) is 0 Å². The number of H-pyrrole nitrogens is 1. The second-order valence-corrected chi connectivity index (χ2v) is 5.13. The molecule has 0 bridgehead atoms. The molecule has 0 saturated carbocycles. The third-order valence-electron chi connectivity index (χ3n) is 2.86. The highest BCUT2D eigenvalue weighted by Crippen LogP contribution is 2.23. The van der Waals surface area contributed by atoms with Gasteiger partial charge in [-0.05, 0) is 13.0 Å². The van der Waals surface area contributed by atoms with Gasteiger partial charge in [0, 0.05) is 22.4 Å². The van der Waals surface area contributed by atoms with E-state index in [1.165, 1.54) is 17.6 Å². The first-order valence-electron chi connectivity index (χ1n) is 5.95. The fourth-order valence-electron chi connectivity index (χ4n) is 1.94. The number of pyridine rings is 1. The molecule has 2 aromatic heterocycles. The van der Waals surface area contributed by atoms with Crippen molar-refractivity contribution in [2.75, 3.05) is 0 Å². The molecule has 100 valence electrons. The van der Waals surface area contributed by atoms with E-state index in [0.717, 1.165) is 5.69 Å². The van der Waals surface area contributed by atoms with Crippen LogP contribution in [-0.4, -0.2) is 21.3 Å². The summed E-state index contributed by atoms with van der Waals surface area (Å²) in [5.41, 5.74) is 1.06. The summed E-state index contributed by atoms with van der Waals surface area (Å²) in [6, 6.07) is 7.07. The molecular formula is C14H11N3O2S. The van der Waals surface area contributed by atoms with Crippen molar-refractivity contribution in [3.05, 3.63) is 51.3 Å². The molecule has 3 aromatic rings. The molecule has 6 heteroatoms. The van der Waals surface area contributed by atoms with Crippen molar-refractivity contribution in [2.24, 2.45) is 4.99 Å². The Bertz CT molecular complexity index is 864. The molecule has 2 heterocycles. The zero-order chi connectivity index (χ0) is 14.1. The first-order chi connectivity index (χ1) is 9.65. The van der Waals surface area contributed by atoms with Crippen LogP contribution in [0.15, 0.2) is 39.4 Å². The predicted molar refractivity (Wildman–Crippen MR) is 80.3 cm³/mol. The number of nitrogens with one attached hydrogen (secondary N) is 1. The summed E-state index contributed by atoms with van der Waals surface area (Å²) in [6.07, 6.45) is 1.52. The van der Waals surface area contributed by atoms with E-state index in [1.54, 1.807) is 18.2 Å². The third kappa shape index (κ3) is 2.21. The number of thiazole rings is 1. The average molecular weight is 285 g/mol. The predicted octanol–water partition coefficient (Wildman–Crippen LogP) is 2.75. The summed E-state index contributed by atoms with van der Waals surface area (Å²) in [5, 5.41) is 13.6. The van der Waals surface area contributed by atoms with Crippen molar-refractivity contribution in [3.8, 4) is 5.88 Å². The molecule has 0 radical (unpaired) electrons. The van der Waals surface area contributed by atoms with Gasteiger partial charge in [0.05, 0.1) is 11.3 Å². The lowest BCUT2D eigenvalue weighted by Gasteiger charge is -2.03. The smallest absolute Gasteiger partial charge is 0.258 e. The van der Waals surface area contributed by atoms with Gasteiger partial charge in [0.1, 0.15) is 0 Å². The van der Waals surface area contributed by atoms with Crippen molar-refractivity contribution in [1.82, 2.24) is 9.97 Å². The first kappa shape index (κ1) is 12.6. The van der Waals surface area contributed by atoms with Gasteiger partial charge in [-0.2, -0.15) is 0 Å². The number of aryl methyl sites for hydroxylation is 1. The Morgan fingerprint density at radius 2 is 2.10 bits per heavy atom. The lowest BCUT2D eigenvalue weighted by atomic mass is 10.1. The molecule has 0 atom stereocenters. The van der Waals surface area contributed by atoms with Crippen molar-refractivity contribution in [3.63, 3.8) is 0 Å². The lowest BCUT2D eigenvalue weighted by molar-refractivity contribution is 0.452. The number of aromatic amines is 1. The number of hydrogen-bond donors (Lipinski definition) is 2. The van der Waals surface area contributed by atoms with Gasteiger partial charge in [0.2, 0.25) is 11.0 Å². The average Bonchev–Trinajstić information content (AvgIpc) is 2.84. The number of aromatic hydroxyl groups is 1. The van der Waals surface area contributed by atoms with Gasteiger partial charge in [-0.3, -0.25) is 9.78 Å². The van der Waals surface area contributed by atoms with Crippen LogP contribution in [0.1, 0.15) is 11.3 Å². The number of aliphatic imine (C=N–C) groups is 1. The topological polar surface area (TPSA) is 78.3 Å². The quantitative estimate of drug-likeness (QED) is 0.711. The van der Waals surface area contributed by atoms with Gasteiger partial charge in [-0.15, -0.1) is 11.3 Å². The SMILES string of the molecule is Cc1csc(/N=C/c2c(O)[nH]c(=O)c3ccccc23)n1. The number of nitrogens with zero attached hydrogens (tertiary/aromatic N) is 2. The fraction of sp³-hybridized carbons (Fsp3) is 0.0714. The van der Waals surface area contributed by atoms with Gasteiger partial charge in [-0.1, -0.05) is 18.2 Å². The second-order valence-electron chi connectivity index (χ2n) is 4.29. The highest BCUT2D eigenvalue weighted by atomic mass is 32.1. The summed E-state index contributed by atoms with van der Waals surface area (Å²) in [5.74, 6) is -0.189. The molecule has 5 nitrogen and oxygen atoms in total. The maximum Gasteiger partial charge on any atom is 0.258 e. The van der Waals surface area contributed by atoms with E-state index < -0.39 is 0 Å². The highest BCUT2D eigenvalue weighted by Gasteiger charge is 2.08. The normalized spacial score (nSPS) is 11.4. The Morgan fingerprint density at radius 1 is 1.35 bits per heavy atom. The Hall–Kier alpha value is -2.47. The van der Waals surface area contributed by atoms with Gasteiger partial charge in [0.25, 0.3) is 5.56 Å². The number of benzene rings is 1. The Kier molecular flexibility index (Phi) is 3.08. The largest absolute Gasteiger partial charge is 0.494 e. The van der Waals surface area contributed by atoms with E-state index in [2.05, 4.69) is 15.0 Å². The van der Waals surface area contributed by atoms with E-state index in [9.17, 15) is 9.90 Å². The summed E-state index contributed by atoms with van der Waals surface area (Å²) in [6.45, 7) is 1.89. The van der Waals surface area contributed by atoms with Crippen LogP contribution >= 0.6 is 11.3 Å². The highest BCUT2D eigenvalue weighted by molar-refractivity contribution is 7.13. The monoisotopic (exact) mass is 285 g/mol. The van der Waals surface area contributed by atoms with E-state index >= 15 is 0 Å². The molecule has 0 fully saturated rings. The van der Waals surface area contributed by atoms with Crippen LogP contribution < -0.4 is 5.56 Å². The van der Waals surface area contributed by atoms with Crippen LogP contribution in [0.5, 0.6) is 5.88 Å². The molecule has 0 aliphatic heterocycles. The molecule has 0 amide bonds. The summed E-state index contributed by atoms with van der Waals surface area (Å²) in [4.78, 5) is 22.6. The molecular weight excluding hydrogens is 274 g/mol. The Morgan fingerprint density at radius 3 is 2.80 bits per heavy atom. The number of fused-ring (bicyclic) bond motifs is 1. The van der Waals surface area contributed by atoms with Crippen molar-refractivity contribution in [2.45, 2.75) is 6.92 Å². The molecule has 0 spiro atoms. The molecule has 1 aromatic carbocycles. The standard InChI is InChI=1S/C14H11N3O2S/c1-8-7-20-14(16-8)15-6-11-9-4-2-3-5-10(9)12(18)17-13(11)19/h2-7H,1H3,(H2,17,18,19)/b15-6+. The van der Waals surface area contributed by atoms with Gasteiger partial charge >= 0.3 is 0 Å². The minimum absolute atomic E-state index is 0.189. The Balaban J connectivity index is 2.16. The fourth-order valence-corrected chi connectivity index (χ4v) is 2.58. The zero-order valence-corrected chi connectivity index (χ0v) is 11.4. The number of rotatable bonds is 2. The molecule has 0 aliphatic carbocycles. The van der Waals surface area contributed by atoms with E-state index in [1.807, 2.05) is 18.4 Å². The summed E-state index contributed by atoms with van der Waals surface area (Å²) >= 11 is 1.42. The maximum atomic E-state index is 11.8. The zero-order valence-electron chi connectivity index (χ0n) is 10.6. The van der Waals surface area contributed by atoms with Crippen LogP contribution in [-0.2, 0) is 0 Å². The molecule has 3 rings (SSSR count). The molecule has 20 heavy (non-hydrogen) atoms. The van der Waals surface area contributed by atoms with Crippen molar-refractivity contribution < 1.29 is 5.11 Å². The number of hydrogen-bond acceptors (Lipinski definition) is 5. The van der Waals surface area contributed by atoms with E-state index in [-0.39, 0.29) is 11.4 Å². The molecule has 0 unspecified atom stereocenters. The van der Waals surface area contributed by atoms with Gasteiger partial charge in [-0.25, -0.2) is 9.98 Å². The summed E-state index contributed by atoms with van der Waals surface area (Å²) in [7, 11) is 0. The molecule has 2 N–H and O–H groups in total. The van der Waals surface area contributed by atoms with E-state index in [0.29, 0.717) is 21.5 Å². The summed E-state index contributed by atoms with van der Waals surface area (Å²) < 4.78 is 0. The van der Waals surface area contributed by atoms with Gasteiger partial charge < -0.3 is 5.11 Å². The molecule has 0 aliphatic rings. The van der Waals surface area contributed by atoms with Crippen LogP contribution in [0.25, 0.3) is 10.8 Å². The second kappa shape index (κ2) is 4.90. The lowest BCUT2D eigenvalue weighted by Crippen LogP contribution is -2.07. The van der Waals surface area contributed by atoms with Crippen LogP contribution in [0, 0.1) is 6.92 Å². The minimum Gasteiger partial charge on any atom is -0.494 e. The van der Waals surface area contributed by atoms with Crippen molar-refractivity contribution >= 4 is 33.5 Å². The maximum absolute atomic E-state index is 11.8. The third-order valence-corrected chi connectivity index (χ3v) is 3.73.